The quantitative estimate of drug-likeness (QED) is 0.777. The number of hydrogen-bond donors (Lipinski definition) is 2. The van der Waals surface area contributed by atoms with Gasteiger partial charge in [0.15, 0.2) is 0 Å². The number of carboxylic acids is 1. The van der Waals surface area contributed by atoms with E-state index in [4.69, 9.17) is 10.8 Å². The van der Waals surface area contributed by atoms with Gasteiger partial charge in [0, 0.05) is 24.7 Å². The maximum Gasteiger partial charge on any atom is 0.323 e. The smallest absolute Gasteiger partial charge is 0.323 e. The number of carbonyl (C=O) groups is 3. The van der Waals surface area contributed by atoms with Gasteiger partial charge in [-0.2, -0.15) is 0 Å². The molecule has 116 valence electrons. The number of fused-ring (bicyclic) bond motifs is 2. The Kier molecular flexibility index (Phi) is 3.58. The summed E-state index contributed by atoms with van der Waals surface area (Å²) >= 11 is 0. The van der Waals surface area contributed by atoms with Crippen molar-refractivity contribution in [1.29, 1.82) is 0 Å². The molecule has 0 spiro atoms. The van der Waals surface area contributed by atoms with Crippen LogP contribution >= 0.6 is 0 Å². The highest BCUT2D eigenvalue weighted by molar-refractivity contribution is 6.00. The summed E-state index contributed by atoms with van der Waals surface area (Å²) in [5.74, 6) is -1.64. The summed E-state index contributed by atoms with van der Waals surface area (Å²) in [6.45, 7) is 0.0397. The first-order valence-electron chi connectivity index (χ1n) is 7.12. The zero-order chi connectivity index (χ0) is 15.9. The molecule has 1 saturated heterocycles. The Morgan fingerprint density at radius 2 is 2.05 bits per heavy atom. The normalized spacial score (nSPS) is 24.6. The van der Waals surface area contributed by atoms with Crippen molar-refractivity contribution in [1.82, 2.24) is 9.80 Å². The van der Waals surface area contributed by atoms with Gasteiger partial charge in [0.05, 0.1) is 0 Å². The first-order chi connectivity index (χ1) is 10.5. The molecule has 0 radical (unpaired) electrons. The van der Waals surface area contributed by atoms with E-state index < -0.39 is 12.0 Å². The van der Waals surface area contributed by atoms with Gasteiger partial charge < -0.3 is 20.6 Å². The highest BCUT2D eigenvalue weighted by atomic mass is 16.4. The monoisotopic (exact) mass is 303 g/mol. The summed E-state index contributed by atoms with van der Waals surface area (Å²) in [5.41, 5.74) is 7.06. The number of rotatable bonds is 2. The molecule has 2 aliphatic heterocycles. The van der Waals surface area contributed by atoms with Gasteiger partial charge in [0.25, 0.3) is 5.91 Å². The first kappa shape index (κ1) is 14.5. The predicted molar refractivity (Wildman–Crippen MR) is 76.9 cm³/mol. The standard InChI is InChI=1S/C15H17N3O4/c16-10-5-12-15(22)17(8-13(19)20)6-9-3-1-2-4-11(9)14(21)18(12)7-10/h1-4,10,12H,5-8,16H2,(H,19,20). The van der Waals surface area contributed by atoms with Crippen molar-refractivity contribution in [3.63, 3.8) is 0 Å². The van der Waals surface area contributed by atoms with Crippen LogP contribution in [0.4, 0.5) is 0 Å². The minimum Gasteiger partial charge on any atom is -0.480 e. The lowest BCUT2D eigenvalue weighted by molar-refractivity contribution is -0.146. The summed E-state index contributed by atoms with van der Waals surface area (Å²) in [4.78, 5) is 39.1. The zero-order valence-corrected chi connectivity index (χ0v) is 11.9. The lowest BCUT2D eigenvalue weighted by Gasteiger charge is -2.33. The highest BCUT2D eigenvalue weighted by Crippen LogP contribution is 2.26. The summed E-state index contributed by atoms with van der Waals surface area (Å²) in [6.07, 6.45) is 0.364. The third kappa shape index (κ3) is 2.43. The molecule has 2 unspecified atom stereocenters. The van der Waals surface area contributed by atoms with E-state index in [9.17, 15) is 14.4 Å². The fourth-order valence-corrected chi connectivity index (χ4v) is 3.14. The van der Waals surface area contributed by atoms with E-state index in [0.717, 1.165) is 0 Å². The zero-order valence-electron chi connectivity index (χ0n) is 11.9. The van der Waals surface area contributed by atoms with Crippen molar-refractivity contribution >= 4 is 17.8 Å². The van der Waals surface area contributed by atoms with Gasteiger partial charge in [0.2, 0.25) is 5.91 Å². The second kappa shape index (κ2) is 5.42. The Labute approximate surface area is 127 Å². The molecular formula is C15H17N3O4. The molecule has 1 fully saturated rings. The van der Waals surface area contributed by atoms with E-state index in [0.29, 0.717) is 24.1 Å². The predicted octanol–water partition coefficient (Wildman–Crippen LogP) is -0.345. The van der Waals surface area contributed by atoms with Crippen molar-refractivity contribution in [3.05, 3.63) is 35.4 Å². The van der Waals surface area contributed by atoms with Crippen LogP contribution in [0.3, 0.4) is 0 Å². The fourth-order valence-electron chi connectivity index (χ4n) is 3.14. The topological polar surface area (TPSA) is 104 Å². The second-order valence-electron chi connectivity index (χ2n) is 5.71. The molecule has 0 aromatic heterocycles. The average molecular weight is 303 g/mol. The highest BCUT2D eigenvalue weighted by Gasteiger charge is 2.42. The molecule has 1 aromatic carbocycles. The number of hydrogen-bond acceptors (Lipinski definition) is 4. The molecular weight excluding hydrogens is 286 g/mol. The molecule has 3 N–H and O–H groups in total. The van der Waals surface area contributed by atoms with Crippen molar-refractivity contribution in [2.75, 3.05) is 13.1 Å². The Hall–Kier alpha value is -2.41. The van der Waals surface area contributed by atoms with Crippen LogP contribution in [0, 0.1) is 0 Å². The molecule has 2 amide bonds. The summed E-state index contributed by atoms with van der Waals surface area (Å²) < 4.78 is 0. The van der Waals surface area contributed by atoms with Gasteiger partial charge in [0.1, 0.15) is 12.6 Å². The molecule has 3 rings (SSSR count). The minimum absolute atomic E-state index is 0.118. The number of nitrogens with two attached hydrogens (primary N) is 1. The molecule has 2 atom stereocenters. The summed E-state index contributed by atoms with van der Waals surface area (Å²) in [5, 5.41) is 9.04. The Morgan fingerprint density at radius 3 is 2.77 bits per heavy atom. The molecule has 0 saturated carbocycles. The van der Waals surface area contributed by atoms with E-state index in [2.05, 4.69) is 0 Å². The van der Waals surface area contributed by atoms with Gasteiger partial charge in [-0.1, -0.05) is 18.2 Å². The SMILES string of the molecule is NC1CC2C(=O)N(CC(=O)O)Cc3ccccc3C(=O)N2C1. The van der Waals surface area contributed by atoms with Crippen molar-refractivity contribution in [2.45, 2.75) is 25.0 Å². The second-order valence-corrected chi connectivity index (χ2v) is 5.71. The van der Waals surface area contributed by atoms with Gasteiger partial charge in [-0.05, 0) is 18.1 Å². The van der Waals surface area contributed by atoms with Crippen LogP contribution in [0.5, 0.6) is 0 Å². The first-order valence-corrected chi connectivity index (χ1v) is 7.12. The number of nitrogens with zero attached hydrogens (tertiary/aromatic N) is 2. The van der Waals surface area contributed by atoms with Crippen LogP contribution in [-0.4, -0.2) is 57.9 Å². The van der Waals surface area contributed by atoms with Gasteiger partial charge in [-0.3, -0.25) is 14.4 Å². The van der Waals surface area contributed by atoms with E-state index >= 15 is 0 Å². The van der Waals surface area contributed by atoms with Crippen LogP contribution in [0.1, 0.15) is 22.3 Å². The molecule has 7 heteroatoms. The maximum absolute atomic E-state index is 12.7. The number of aliphatic carboxylic acids is 1. The van der Waals surface area contributed by atoms with Crippen LogP contribution < -0.4 is 5.73 Å². The van der Waals surface area contributed by atoms with E-state index in [1.54, 1.807) is 24.3 Å². The van der Waals surface area contributed by atoms with Crippen LogP contribution in [0.15, 0.2) is 24.3 Å². The molecule has 0 aliphatic carbocycles. The summed E-state index contributed by atoms with van der Waals surface area (Å²) in [6, 6.07) is 6.03. The lowest BCUT2D eigenvalue weighted by atomic mass is 10.0. The number of benzene rings is 1. The molecule has 2 aliphatic rings. The van der Waals surface area contributed by atoms with Crippen LogP contribution in [0.2, 0.25) is 0 Å². The minimum atomic E-state index is -1.08. The van der Waals surface area contributed by atoms with Crippen molar-refractivity contribution in [3.8, 4) is 0 Å². The van der Waals surface area contributed by atoms with E-state index in [1.807, 2.05) is 0 Å². The van der Waals surface area contributed by atoms with E-state index in [-0.39, 0.29) is 30.9 Å². The third-order valence-corrected chi connectivity index (χ3v) is 4.13. The number of carboxylic acid groups (broad SMARTS) is 1. The van der Waals surface area contributed by atoms with Crippen molar-refractivity contribution < 1.29 is 19.5 Å². The molecule has 22 heavy (non-hydrogen) atoms. The third-order valence-electron chi connectivity index (χ3n) is 4.13. The molecule has 2 heterocycles. The van der Waals surface area contributed by atoms with Gasteiger partial charge >= 0.3 is 5.97 Å². The fraction of sp³-hybridized carbons (Fsp3) is 0.400. The molecule has 1 aromatic rings. The largest absolute Gasteiger partial charge is 0.480 e. The van der Waals surface area contributed by atoms with Crippen LogP contribution in [-0.2, 0) is 16.1 Å². The average Bonchev–Trinajstić information content (AvgIpc) is 2.86. The molecule has 0 bridgehead atoms. The van der Waals surface area contributed by atoms with Gasteiger partial charge in [-0.15, -0.1) is 0 Å². The Balaban J connectivity index is 2.05. The maximum atomic E-state index is 12.7. The lowest BCUT2D eigenvalue weighted by Crippen LogP contribution is -2.50. The molecule has 7 nitrogen and oxygen atoms in total. The van der Waals surface area contributed by atoms with Crippen LogP contribution in [0.25, 0.3) is 0 Å². The van der Waals surface area contributed by atoms with E-state index in [1.165, 1.54) is 9.80 Å². The summed E-state index contributed by atoms with van der Waals surface area (Å²) in [7, 11) is 0. The Bertz CT molecular complexity index is 645. The van der Waals surface area contributed by atoms with Crippen molar-refractivity contribution in [2.24, 2.45) is 5.73 Å². The number of carbonyl (C=O) groups excluding carboxylic acids is 2. The van der Waals surface area contributed by atoms with Gasteiger partial charge in [-0.25, -0.2) is 0 Å². The Morgan fingerprint density at radius 1 is 1.32 bits per heavy atom. The number of amides is 2.